The molecule has 0 aromatic carbocycles. The van der Waals surface area contributed by atoms with E-state index >= 15 is 0 Å². The number of anilines is 1. The zero-order valence-electron chi connectivity index (χ0n) is 6.96. The quantitative estimate of drug-likeness (QED) is 0.553. The number of hydrogen-bond donors (Lipinski definition) is 3. The monoisotopic (exact) mass is 183 g/mol. The molecule has 0 aliphatic heterocycles. The van der Waals surface area contributed by atoms with Gasteiger partial charge in [-0.15, -0.1) is 0 Å². The average molecular weight is 183 g/mol. The Morgan fingerprint density at radius 2 is 2.15 bits per heavy atom. The fourth-order valence-corrected chi connectivity index (χ4v) is 0.638. The van der Waals surface area contributed by atoms with Gasteiger partial charge in [0.25, 0.3) is 0 Å². The molecule has 0 unspecified atom stereocenters. The van der Waals surface area contributed by atoms with Crippen molar-refractivity contribution in [2.75, 3.05) is 5.32 Å². The molecule has 13 heavy (non-hydrogen) atoms. The van der Waals surface area contributed by atoms with Crippen molar-refractivity contribution in [2.45, 2.75) is 6.92 Å². The smallest absolute Gasteiger partial charge is 0.340 e. The summed E-state index contributed by atoms with van der Waals surface area (Å²) in [6.45, 7) is 1.28. The summed E-state index contributed by atoms with van der Waals surface area (Å²) < 4.78 is 4.83. The highest BCUT2D eigenvalue weighted by Crippen LogP contribution is 2.05. The summed E-state index contributed by atoms with van der Waals surface area (Å²) in [4.78, 5) is 21.3. The lowest BCUT2D eigenvalue weighted by atomic mass is 10.6. The van der Waals surface area contributed by atoms with E-state index < -0.39 is 6.03 Å². The summed E-state index contributed by atoms with van der Waals surface area (Å²) in [5, 5.41) is 2.35. The lowest BCUT2D eigenvalue weighted by Crippen LogP contribution is -2.42. The van der Waals surface area contributed by atoms with E-state index in [4.69, 9.17) is 4.42 Å². The SMILES string of the molecule is CC(=O)NNC(=O)Nc1ccco1. The van der Waals surface area contributed by atoms with E-state index in [-0.39, 0.29) is 5.91 Å². The molecule has 0 bridgehead atoms. The zero-order valence-corrected chi connectivity index (χ0v) is 6.96. The van der Waals surface area contributed by atoms with E-state index in [2.05, 4.69) is 16.2 Å². The number of urea groups is 1. The first kappa shape index (κ1) is 9.11. The van der Waals surface area contributed by atoms with Crippen LogP contribution >= 0.6 is 0 Å². The van der Waals surface area contributed by atoms with Crippen molar-refractivity contribution in [3.63, 3.8) is 0 Å². The Labute approximate surface area is 74.3 Å². The molecule has 70 valence electrons. The topological polar surface area (TPSA) is 83.4 Å². The average Bonchev–Trinajstić information content (AvgIpc) is 2.53. The van der Waals surface area contributed by atoms with Crippen LogP contribution in [0.1, 0.15) is 6.92 Å². The first-order valence-electron chi connectivity index (χ1n) is 3.55. The Balaban J connectivity index is 2.30. The number of hydrazine groups is 1. The van der Waals surface area contributed by atoms with Crippen LogP contribution in [0.15, 0.2) is 22.8 Å². The first-order valence-corrected chi connectivity index (χ1v) is 3.55. The number of rotatable bonds is 1. The fraction of sp³-hybridized carbons (Fsp3) is 0.143. The molecule has 0 aliphatic rings. The second-order valence-electron chi connectivity index (χ2n) is 2.24. The lowest BCUT2D eigenvalue weighted by molar-refractivity contribution is -0.119. The maximum absolute atomic E-state index is 10.9. The predicted molar refractivity (Wildman–Crippen MR) is 44.7 cm³/mol. The van der Waals surface area contributed by atoms with Gasteiger partial charge in [0.1, 0.15) is 0 Å². The van der Waals surface area contributed by atoms with Gasteiger partial charge in [-0.1, -0.05) is 0 Å². The maximum atomic E-state index is 10.9. The number of carbonyl (C=O) groups excluding carboxylic acids is 2. The highest BCUT2D eigenvalue weighted by Gasteiger charge is 2.02. The van der Waals surface area contributed by atoms with Gasteiger partial charge in [0.2, 0.25) is 11.8 Å². The van der Waals surface area contributed by atoms with Gasteiger partial charge in [0.05, 0.1) is 6.26 Å². The van der Waals surface area contributed by atoms with Crippen molar-refractivity contribution < 1.29 is 14.0 Å². The normalized spacial score (nSPS) is 9.00. The van der Waals surface area contributed by atoms with Crippen LogP contribution in [0.5, 0.6) is 0 Å². The molecule has 0 saturated carbocycles. The van der Waals surface area contributed by atoms with Crippen LogP contribution in [0.4, 0.5) is 10.7 Å². The summed E-state index contributed by atoms with van der Waals surface area (Å²) in [5.74, 6) is -0.0440. The highest BCUT2D eigenvalue weighted by atomic mass is 16.3. The number of nitrogens with one attached hydrogen (secondary N) is 3. The third kappa shape index (κ3) is 3.28. The van der Waals surface area contributed by atoms with Gasteiger partial charge in [-0.3, -0.25) is 15.5 Å². The fourth-order valence-electron chi connectivity index (χ4n) is 0.638. The molecular weight excluding hydrogens is 174 g/mol. The Morgan fingerprint density at radius 1 is 1.38 bits per heavy atom. The molecule has 1 aromatic rings. The van der Waals surface area contributed by atoms with Crippen molar-refractivity contribution in [3.8, 4) is 0 Å². The molecule has 1 heterocycles. The number of hydrogen-bond acceptors (Lipinski definition) is 3. The molecular formula is C7H9N3O3. The molecule has 0 atom stereocenters. The standard InChI is InChI=1S/C7H9N3O3/c1-5(11)9-10-7(12)8-6-3-2-4-13-6/h2-4H,1H3,(H,9,11)(H2,8,10,12). The first-order chi connectivity index (χ1) is 6.18. The molecule has 1 aromatic heterocycles. The molecule has 3 amide bonds. The van der Waals surface area contributed by atoms with Crippen molar-refractivity contribution in [1.82, 2.24) is 10.9 Å². The summed E-state index contributed by atoms with van der Waals surface area (Å²) in [5.41, 5.74) is 4.23. The second kappa shape index (κ2) is 4.15. The molecule has 0 saturated heterocycles. The molecule has 6 heteroatoms. The number of carbonyl (C=O) groups is 2. The third-order valence-electron chi connectivity index (χ3n) is 1.11. The van der Waals surface area contributed by atoms with E-state index in [0.717, 1.165) is 0 Å². The van der Waals surface area contributed by atoms with Gasteiger partial charge >= 0.3 is 6.03 Å². The highest BCUT2D eigenvalue weighted by molar-refractivity contribution is 5.89. The van der Waals surface area contributed by atoms with Crippen molar-refractivity contribution in [2.24, 2.45) is 0 Å². The molecule has 0 aliphatic carbocycles. The molecule has 0 fully saturated rings. The molecule has 0 radical (unpaired) electrons. The third-order valence-corrected chi connectivity index (χ3v) is 1.11. The summed E-state index contributed by atoms with van der Waals surface area (Å²) in [6.07, 6.45) is 1.42. The van der Waals surface area contributed by atoms with Crippen LogP contribution in [0.25, 0.3) is 0 Å². The van der Waals surface area contributed by atoms with E-state index in [9.17, 15) is 9.59 Å². The van der Waals surface area contributed by atoms with E-state index in [1.165, 1.54) is 13.2 Å². The molecule has 0 spiro atoms. The Bertz CT molecular complexity index is 294. The molecule has 3 N–H and O–H groups in total. The van der Waals surface area contributed by atoms with E-state index in [0.29, 0.717) is 5.88 Å². The van der Waals surface area contributed by atoms with Crippen LogP contribution < -0.4 is 16.2 Å². The molecule has 1 rings (SSSR count). The van der Waals surface area contributed by atoms with Crippen LogP contribution in [-0.4, -0.2) is 11.9 Å². The minimum absolute atomic E-state index is 0.308. The number of furan rings is 1. The van der Waals surface area contributed by atoms with Crippen LogP contribution in [0, 0.1) is 0 Å². The minimum atomic E-state index is -0.565. The van der Waals surface area contributed by atoms with Crippen LogP contribution in [0.2, 0.25) is 0 Å². The van der Waals surface area contributed by atoms with Crippen molar-refractivity contribution >= 4 is 17.8 Å². The van der Waals surface area contributed by atoms with Crippen molar-refractivity contribution in [3.05, 3.63) is 18.4 Å². The minimum Gasteiger partial charge on any atom is -0.449 e. The van der Waals surface area contributed by atoms with Crippen LogP contribution in [0.3, 0.4) is 0 Å². The van der Waals surface area contributed by atoms with Gasteiger partial charge in [-0.2, -0.15) is 0 Å². The summed E-state index contributed by atoms with van der Waals surface area (Å²) >= 11 is 0. The van der Waals surface area contributed by atoms with Crippen molar-refractivity contribution in [1.29, 1.82) is 0 Å². The largest absolute Gasteiger partial charge is 0.449 e. The Hall–Kier alpha value is -1.98. The Morgan fingerprint density at radius 3 is 2.69 bits per heavy atom. The van der Waals surface area contributed by atoms with Gasteiger partial charge < -0.3 is 4.42 Å². The van der Waals surface area contributed by atoms with Crippen LogP contribution in [-0.2, 0) is 4.79 Å². The zero-order chi connectivity index (χ0) is 9.68. The summed E-state index contributed by atoms with van der Waals surface area (Å²) in [6, 6.07) is 2.65. The number of amides is 3. The van der Waals surface area contributed by atoms with E-state index in [1.54, 1.807) is 12.1 Å². The second-order valence-corrected chi connectivity index (χ2v) is 2.24. The van der Waals surface area contributed by atoms with Gasteiger partial charge in [0, 0.05) is 13.0 Å². The van der Waals surface area contributed by atoms with Gasteiger partial charge in [0.15, 0.2) is 0 Å². The van der Waals surface area contributed by atoms with E-state index in [1.807, 2.05) is 0 Å². The lowest BCUT2D eigenvalue weighted by Gasteiger charge is -2.04. The maximum Gasteiger partial charge on any atom is 0.340 e. The predicted octanol–water partition coefficient (Wildman–Crippen LogP) is 0.452. The van der Waals surface area contributed by atoms with Gasteiger partial charge in [-0.05, 0) is 6.07 Å². The molecule has 6 nitrogen and oxygen atoms in total. The Kier molecular flexibility index (Phi) is 2.91. The van der Waals surface area contributed by atoms with Gasteiger partial charge in [-0.25, -0.2) is 10.2 Å². The summed E-state index contributed by atoms with van der Waals surface area (Å²) in [7, 11) is 0.